The van der Waals surface area contributed by atoms with Crippen LogP contribution in [0.15, 0.2) is 109 Å². The minimum absolute atomic E-state index is 0.0898. The molecule has 0 saturated carbocycles. The van der Waals surface area contributed by atoms with Crippen molar-refractivity contribution in [2.75, 3.05) is 9.71 Å². The molecule has 2 aliphatic rings. The van der Waals surface area contributed by atoms with Crippen molar-refractivity contribution in [1.82, 2.24) is 0 Å². The van der Waals surface area contributed by atoms with Crippen molar-refractivity contribution in [3.05, 3.63) is 126 Å². The van der Waals surface area contributed by atoms with Gasteiger partial charge in [0.2, 0.25) is 0 Å². The minimum Gasteiger partial charge on any atom is -0.376 e. The molecule has 5 aromatic rings. The molecule has 2 nitrogen and oxygen atoms in total. The van der Waals surface area contributed by atoms with Gasteiger partial charge in [-0.1, -0.05) is 84.4 Å². The van der Waals surface area contributed by atoms with Crippen molar-refractivity contribution >= 4 is 46.2 Å². The molecule has 0 fully saturated rings. The molecule has 0 atom stereocenters. The lowest BCUT2D eigenvalue weighted by Crippen LogP contribution is -2.61. The largest absolute Gasteiger partial charge is 0.376 e. The predicted octanol–water partition coefficient (Wildman–Crippen LogP) is 7.32. The maximum absolute atomic E-state index is 2.53. The van der Waals surface area contributed by atoms with E-state index in [9.17, 15) is 0 Å². The van der Waals surface area contributed by atoms with Crippen LogP contribution in [0.4, 0.5) is 28.4 Å². The zero-order valence-corrected chi connectivity index (χ0v) is 20.9. The van der Waals surface area contributed by atoms with Crippen molar-refractivity contribution in [1.29, 1.82) is 0 Å². The minimum atomic E-state index is 0.0898. The average Bonchev–Trinajstić information content (AvgIpc) is 2.90. The van der Waals surface area contributed by atoms with Gasteiger partial charge in [-0.3, -0.25) is 0 Å². The number of hydrogen-bond donors (Lipinski definition) is 0. The SMILES string of the molecule is Cc1cc(C)c(N2c3ccccc3B3c4c(cccc42)-c2ccccc2N3c2ccccc2)c(C)c1. The zero-order chi connectivity index (χ0) is 24.4. The monoisotopic (exact) mass is 462 g/mol. The second-order valence-electron chi connectivity index (χ2n) is 10.0. The summed E-state index contributed by atoms with van der Waals surface area (Å²) >= 11 is 0. The molecule has 7 rings (SSSR count). The lowest BCUT2D eigenvalue weighted by Gasteiger charge is -2.46. The van der Waals surface area contributed by atoms with E-state index in [0.29, 0.717) is 0 Å². The molecule has 0 N–H and O–H groups in total. The summed E-state index contributed by atoms with van der Waals surface area (Å²) in [4.78, 5) is 5.04. The van der Waals surface area contributed by atoms with E-state index in [0.717, 1.165) is 0 Å². The van der Waals surface area contributed by atoms with Crippen molar-refractivity contribution < 1.29 is 0 Å². The third-order valence-corrected chi connectivity index (χ3v) is 7.68. The molecule has 0 amide bonds. The van der Waals surface area contributed by atoms with Gasteiger partial charge >= 0.3 is 6.85 Å². The molecule has 0 bridgehead atoms. The van der Waals surface area contributed by atoms with E-state index < -0.39 is 0 Å². The van der Waals surface area contributed by atoms with Crippen molar-refractivity contribution in [2.24, 2.45) is 0 Å². The van der Waals surface area contributed by atoms with E-state index >= 15 is 0 Å². The number of rotatable bonds is 2. The Kier molecular flexibility index (Phi) is 4.62. The van der Waals surface area contributed by atoms with Gasteiger partial charge in [-0.05, 0) is 78.7 Å². The first-order valence-corrected chi connectivity index (χ1v) is 12.7. The number of fused-ring (bicyclic) bond motifs is 4. The molecular formula is C33H27BN2. The molecule has 172 valence electrons. The second kappa shape index (κ2) is 7.89. The smallest absolute Gasteiger partial charge is 0.333 e. The van der Waals surface area contributed by atoms with E-state index in [4.69, 9.17) is 0 Å². The summed E-state index contributed by atoms with van der Waals surface area (Å²) in [6.07, 6.45) is 0. The number of benzene rings is 5. The third-order valence-electron chi connectivity index (χ3n) is 7.68. The highest BCUT2D eigenvalue weighted by Crippen LogP contribution is 2.47. The molecule has 0 spiro atoms. The average molecular weight is 462 g/mol. The van der Waals surface area contributed by atoms with Crippen molar-refractivity contribution in [2.45, 2.75) is 20.8 Å². The summed E-state index contributed by atoms with van der Waals surface area (Å²) in [5, 5.41) is 0. The number of aryl methyl sites for hydroxylation is 3. The Morgan fingerprint density at radius 2 is 1.17 bits per heavy atom. The van der Waals surface area contributed by atoms with E-state index in [1.54, 1.807) is 0 Å². The Bertz CT molecular complexity index is 1620. The summed E-state index contributed by atoms with van der Waals surface area (Å²) in [7, 11) is 0. The first-order chi connectivity index (χ1) is 17.6. The summed E-state index contributed by atoms with van der Waals surface area (Å²) < 4.78 is 0. The number of nitrogens with zero attached hydrogens (tertiary/aromatic N) is 2. The Morgan fingerprint density at radius 1 is 0.556 bits per heavy atom. The van der Waals surface area contributed by atoms with E-state index in [-0.39, 0.29) is 6.85 Å². The van der Waals surface area contributed by atoms with Crippen molar-refractivity contribution in [3.8, 4) is 11.1 Å². The summed E-state index contributed by atoms with van der Waals surface area (Å²) in [6.45, 7) is 6.76. The van der Waals surface area contributed by atoms with Crippen LogP contribution in [0, 0.1) is 20.8 Å². The third kappa shape index (κ3) is 2.92. The Balaban J connectivity index is 1.60. The number of para-hydroxylation sites is 3. The highest BCUT2D eigenvalue weighted by atomic mass is 15.2. The van der Waals surface area contributed by atoms with Gasteiger partial charge < -0.3 is 9.71 Å². The highest BCUT2D eigenvalue weighted by molar-refractivity contribution is 6.93. The Hall–Kier alpha value is -4.24. The zero-order valence-electron chi connectivity index (χ0n) is 20.9. The van der Waals surface area contributed by atoms with Crippen LogP contribution >= 0.6 is 0 Å². The van der Waals surface area contributed by atoms with Gasteiger partial charge in [0, 0.05) is 28.3 Å². The van der Waals surface area contributed by atoms with E-state index in [1.807, 2.05) is 0 Å². The molecule has 2 heterocycles. The fourth-order valence-electron chi connectivity index (χ4n) is 6.44. The van der Waals surface area contributed by atoms with E-state index in [1.165, 1.54) is 67.2 Å². The highest BCUT2D eigenvalue weighted by Gasteiger charge is 2.44. The van der Waals surface area contributed by atoms with Crippen LogP contribution in [0.3, 0.4) is 0 Å². The Labute approximate surface area is 213 Å². The standard InChI is InChI=1S/C33H27BN2/c1-22-20-23(2)33(24(3)21-22)35-30-18-10-8-16-28(30)34-32-27(15-11-19-31(32)35)26-14-7-9-17-29(26)36(34)25-12-5-4-6-13-25/h4-21H,1-3H3. The molecule has 0 unspecified atom stereocenters. The molecule has 3 heteroatoms. The summed E-state index contributed by atoms with van der Waals surface area (Å²) in [6, 6.07) is 40.1. The van der Waals surface area contributed by atoms with Gasteiger partial charge in [0.15, 0.2) is 0 Å². The molecule has 0 saturated heterocycles. The quantitative estimate of drug-likeness (QED) is 0.254. The van der Waals surface area contributed by atoms with Crippen LogP contribution < -0.4 is 20.6 Å². The molecular weight excluding hydrogens is 435 g/mol. The molecule has 0 aromatic heterocycles. The molecule has 36 heavy (non-hydrogen) atoms. The van der Waals surface area contributed by atoms with Gasteiger partial charge in [-0.15, -0.1) is 0 Å². The Morgan fingerprint density at radius 3 is 1.94 bits per heavy atom. The summed E-state index contributed by atoms with van der Waals surface area (Å²) in [5.74, 6) is 0. The maximum atomic E-state index is 2.53. The van der Waals surface area contributed by atoms with Crippen LogP contribution in [-0.4, -0.2) is 6.85 Å². The predicted molar refractivity (Wildman–Crippen MR) is 154 cm³/mol. The molecule has 2 aliphatic heterocycles. The van der Waals surface area contributed by atoms with Crippen molar-refractivity contribution in [3.63, 3.8) is 0 Å². The van der Waals surface area contributed by atoms with Gasteiger partial charge in [0.25, 0.3) is 0 Å². The van der Waals surface area contributed by atoms with E-state index in [2.05, 4.69) is 140 Å². The molecule has 0 radical (unpaired) electrons. The fraction of sp³-hybridized carbons (Fsp3) is 0.0909. The van der Waals surface area contributed by atoms with Gasteiger partial charge in [0.1, 0.15) is 0 Å². The van der Waals surface area contributed by atoms with Gasteiger partial charge in [-0.25, -0.2) is 0 Å². The first-order valence-electron chi connectivity index (χ1n) is 12.7. The second-order valence-corrected chi connectivity index (χ2v) is 10.0. The topological polar surface area (TPSA) is 6.48 Å². The van der Waals surface area contributed by atoms with Crippen LogP contribution in [0.25, 0.3) is 11.1 Å². The maximum Gasteiger partial charge on any atom is 0.333 e. The number of anilines is 5. The van der Waals surface area contributed by atoms with Gasteiger partial charge in [-0.2, -0.15) is 0 Å². The number of hydrogen-bond acceptors (Lipinski definition) is 2. The van der Waals surface area contributed by atoms with Crippen LogP contribution in [0.1, 0.15) is 16.7 Å². The molecule has 0 aliphatic carbocycles. The lowest BCUT2D eigenvalue weighted by atomic mass is 9.43. The lowest BCUT2D eigenvalue weighted by molar-refractivity contribution is 1.20. The normalized spacial score (nSPS) is 13.2. The van der Waals surface area contributed by atoms with Gasteiger partial charge in [0.05, 0.1) is 5.69 Å². The van der Waals surface area contributed by atoms with Crippen LogP contribution in [0.5, 0.6) is 0 Å². The molecule has 5 aromatic carbocycles. The fourth-order valence-corrected chi connectivity index (χ4v) is 6.44. The van der Waals surface area contributed by atoms with Crippen LogP contribution in [-0.2, 0) is 0 Å². The summed E-state index contributed by atoms with van der Waals surface area (Å²) in [5.41, 5.74) is 15.5. The first kappa shape index (κ1) is 21.1. The van der Waals surface area contributed by atoms with Crippen LogP contribution in [0.2, 0.25) is 0 Å².